The molecule has 3 rings (SSSR count). The Labute approximate surface area is 140 Å². The van der Waals surface area contributed by atoms with E-state index in [0.29, 0.717) is 37.1 Å². The van der Waals surface area contributed by atoms with Crippen LogP contribution in [-0.2, 0) is 20.8 Å². The van der Waals surface area contributed by atoms with Crippen molar-refractivity contribution >= 4 is 5.82 Å². The molecule has 0 atom stereocenters. The number of anilines is 1. The molecule has 2 aromatic rings. The van der Waals surface area contributed by atoms with E-state index in [0.717, 1.165) is 5.56 Å². The second-order valence-electron chi connectivity index (χ2n) is 5.39. The Balaban J connectivity index is 1.63. The van der Waals surface area contributed by atoms with Crippen molar-refractivity contribution in [3.05, 3.63) is 47.9 Å². The normalized spacial score (nSPS) is 20.6. The SMILES string of the molecule is COCc1ncnc(NC2COC(c3ccccc3)OC2)c1OC. The lowest BCUT2D eigenvalue weighted by Gasteiger charge is -2.30. The van der Waals surface area contributed by atoms with E-state index in [1.54, 1.807) is 14.2 Å². The van der Waals surface area contributed by atoms with Gasteiger partial charge in [-0.1, -0.05) is 30.3 Å². The fourth-order valence-corrected chi connectivity index (χ4v) is 2.55. The predicted molar refractivity (Wildman–Crippen MR) is 87.8 cm³/mol. The van der Waals surface area contributed by atoms with Gasteiger partial charge in [0.05, 0.1) is 33.0 Å². The van der Waals surface area contributed by atoms with Crippen molar-refractivity contribution in [1.29, 1.82) is 0 Å². The largest absolute Gasteiger partial charge is 0.491 e. The van der Waals surface area contributed by atoms with Crippen LogP contribution in [0.4, 0.5) is 5.82 Å². The second-order valence-corrected chi connectivity index (χ2v) is 5.39. The van der Waals surface area contributed by atoms with E-state index in [-0.39, 0.29) is 12.3 Å². The minimum Gasteiger partial charge on any atom is -0.491 e. The van der Waals surface area contributed by atoms with Gasteiger partial charge in [-0.15, -0.1) is 0 Å². The van der Waals surface area contributed by atoms with Crippen LogP contribution in [0, 0.1) is 0 Å². The second kappa shape index (κ2) is 8.05. The number of nitrogens with one attached hydrogen (secondary N) is 1. The highest BCUT2D eigenvalue weighted by Gasteiger charge is 2.25. The number of aromatic nitrogens is 2. The van der Waals surface area contributed by atoms with Crippen LogP contribution in [-0.4, -0.2) is 43.4 Å². The first-order valence-electron chi connectivity index (χ1n) is 7.73. The molecule has 24 heavy (non-hydrogen) atoms. The molecule has 0 spiro atoms. The van der Waals surface area contributed by atoms with Crippen LogP contribution in [0.15, 0.2) is 36.7 Å². The van der Waals surface area contributed by atoms with Crippen molar-refractivity contribution in [2.45, 2.75) is 18.9 Å². The molecule has 0 aliphatic carbocycles. The zero-order chi connectivity index (χ0) is 16.8. The first-order valence-corrected chi connectivity index (χ1v) is 7.73. The molecule has 7 heteroatoms. The Bertz CT molecular complexity index is 646. The van der Waals surface area contributed by atoms with Gasteiger partial charge in [0.1, 0.15) is 12.0 Å². The third-order valence-electron chi connectivity index (χ3n) is 3.67. The van der Waals surface area contributed by atoms with Gasteiger partial charge in [0.25, 0.3) is 0 Å². The monoisotopic (exact) mass is 331 g/mol. The lowest BCUT2D eigenvalue weighted by Crippen LogP contribution is -2.37. The molecule has 0 amide bonds. The van der Waals surface area contributed by atoms with Gasteiger partial charge in [0.15, 0.2) is 17.9 Å². The van der Waals surface area contributed by atoms with E-state index in [1.165, 1.54) is 6.33 Å². The number of methoxy groups -OCH3 is 2. The maximum absolute atomic E-state index is 5.81. The lowest BCUT2D eigenvalue weighted by atomic mass is 10.2. The maximum atomic E-state index is 5.81. The molecule has 1 saturated heterocycles. The van der Waals surface area contributed by atoms with E-state index in [4.69, 9.17) is 18.9 Å². The number of ether oxygens (including phenoxy) is 4. The van der Waals surface area contributed by atoms with Crippen molar-refractivity contribution in [3.8, 4) is 5.75 Å². The van der Waals surface area contributed by atoms with Crippen molar-refractivity contribution in [2.24, 2.45) is 0 Å². The van der Waals surface area contributed by atoms with E-state index in [1.807, 2.05) is 30.3 Å². The van der Waals surface area contributed by atoms with E-state index in [9.17, 15) is 0 Å². The van der Waals surface area contributed by atoms with Crippen LogP contribution in [0.1, 0.15) is 17.5 Å². The number of benzene rings is 1. The molecule has 2 heterocycles. The number of rotatable bonds is 6. The summed E-state index contributed by atoms with van der Waals surface area (Å²) in [5, 5.41) is 3.29. The zero-order valence-corrected chi connectivity index (χ0v) is 13.8. The molecule has 0 unspecified atom stereocenters. The van der Waals surface area contributed by atoms with Crippen LogP contribution in [0.25, 0.3) is 0 Å². The highest BCUT2D eigenvalue weighted by Crippen LogP contribution is 2.28. The van der Waals surface area contributed by atoms with Gasteiger partial charge in [0, 0.05) is 12.7 Å². The maximum Gasteiger partial charge on any atom is 0.185 e. The van der Waals surface area contributed by atoms with Crippen LogP contribution in [0.3, 0.4) is 0 Å². The number of nitrogens with zero attached hydrogens (tertiary/aromatic N) is 2. The Morgan fingerprint density at radius 3 is 2.54 bits per heavy atom. The number of hydrogen-bond donors (Lipinski definition) is 1. The van der Waals surface area contributed by atoms with Crippen LogP contribution < -0.4 is 10.1 Å². The number of hydrogen-bond acceptors (Lipinski definition) is 7. The van der Waals surface area contributed by atoms with E-state index < -0.39 is 0 Å². The summed E-state index contributed by atoms with van der Waals surface area (Å²) >= 11 is 0. The average Bonchev–Trinajstić information content (AvgIpc) is 2.64. The van der Waals surface area contributed by atoms with Crippen molar-refractivity contribution in [1.82, 2.24) is 9.97 Å². The van der Waals surface area contributed by atoms with E-state index in [2.05, 4.69) is 15.3 Å². The first kappa shape index (κ1) is 16.6. The molecule has 0 bridgehead atoms. The molecule has 1 aromatic heterocycles. The fourth-order valence-electron chi connectivity index (χ4n) is 2.55. The summed E-state index contributed by atoms with van der Waals surface area (Å²) < 4.78 is 22.2. The lowest BCUT2D eigenvalue weighted by molar-refractivity contribution is -0.187. The molecular weight excluding hydrogens is 310 g/mol. The molecule has 1 aliphatic heterocycles. The van der Waals surface area contributed by atoms with Crippen LogP contribution in [0.2, 0.25) is 0 Å². The Morgan fingerprint density at radius 2 is 1.88 bits per heavy atom. The van der Waals surface area contributed by atoms with Crippen molar-refractivity contribution in [3.63, 3.8) is 0 Å². The Morgan fingerprint density at radius 1 is 1.12 bits per heavy atom. The third-order valence-corrected chi connectivity index (χ3v) is 3.67. The average molecular weight is 331 g/mol. The Hall–Kier alpha value is -2.22. The minimum absolute atomic E-state index is 0.0239. The summed E-state index contributed by atoms with van der Waals surface area (Å²) in [5.41, 5.74) is 1.70. The Kier molecular flexibility index (Phi) is 5.58. The summed E-state index contributed by atoms with van der Waals surface area (Å²) in [6.45, 7) is 1.37. The first-order chi connectivity index (χ1) is 11.8. The summed E-state index contributed by atoms with van der Waals surface area (Å²) in [6.07, 6.45) is 1.15. The molecule has 7 nitrogen and oxygen atoms in total. The molecule has 0 saturated carbocycles. The highest BCUT2D eigenvalue weighted by atomic mass is 16.7. The summed E-state index contributed by atoms with van der Waals surface area (Å²) in [7, 11) is 3.20. The zero-order valence-electron chi connectivity index (χ0n) is 13.8. The van der Waals surface area contributed by atoms with Crippen molar-refractivity contribution in [2.75, 3.05) is 32.8 Å². The summed E-state index contributed by atoms with van der Waals surface area (Å²) in [5.74, 6) is 1.18. The quantitative estimate of drug-likeness (QED) is 0.869. The van der Waals surface area contributed by atoms with Crippen LogP contribution >= 0.6 is 0 Å². The molecule has 0 radical (unpaired) electrons. The minimum atomic E-state index is -0.333. The predicted octanol–water partition coefficient (Wildman–Crippen LogP) is 2.16. The van der Waals surface area contributed by atoms with E-state index >= 15 is 0 Å². The molecule has 1 fully saturated rings. The summed E-state index contributed by atoms with van der Waals surface area (Å²) in [4.78, 5) is 8.43. The molecule has 1 N–H and O–H groups in total. The molecule has 1 aliphatic rings. The highest BCUT2D eigenvalue weighted by molar-refractivity contribution is 5.52. The van der Waals surface area contributed by atoms with Crippen molar-refractivity contribution < 1.29 is 18.9 Å². The van der Waals surface area contributed by atoms with Gasteiger partial charge in [-0.25, -0.2) is 9.97 Å². The van der Waals surface area contributed by atoms with Gasteiger partial charge in [-0.05, 0) is 0 Å². The molecule has 1 aromatic carbocycles. The fraction of sp³-hybridized carbons (Fsp3) is 0.412. The third kappa shape index (κ3) is 3.81. The topological polar surface area (TPSA) is 74.7 Å². The van der Waals surface area contributed by atoms with Gasteiger partial charge in [-0.3, -0.25) is 0 Å². The standard InChI is InChI=1S/C17H21N3O4/c1-21-10-14-15(22-2)16(19-11-18-14)20-13-8-23-17(24-9-13)12-6-4-3-5-7-12/h3-7,11,13,17H,8-10H2,1-2H3,(H,18,19,20). The van der Waals surface area contributed by atoms with Gasteiger partial charge in [-0.2, -0.15) is 0 Å². The summed E-state index contributed by atoms with van der Waals surface area (Å²) in [6, 6.07) is 9.86. The van der Waals surface area contributed by atoms with Crippen LogP contribution in [0.5, 0.6) is 5.75 Å². The molecular formula is C17H21N3O4. The van der Waals surface area contributed by atoms with Gasteiger partial charge >= 0.3 is 0 Å². The smallest absolute Gasteiger partial charge is 0.185 e. The van der Waals surface area contributed by atoms with Gasteiger partial charge in [0.2, 0.25) is 0 Å². The van der Waals surface area contributed by atoms with Gasteiger partial charge < -0.3 is 24.3 Å². The molecule has 128 valence electrons.